The van der Waals surface area contributed by atoms with Crippen molar-refractivity contribution in [3.05, 3.63) is 41.1 Å². The van der Waals surface area contributed by atoms with Gasteiger partial charge >= 0.3 is 0 Å². The lowest BCUT2D eigenvalue weighted by Crippen LogP contribution is -2.14. The fraction of sp³-hybridized carbons (Fsp3) is 0.286. The zero-order chi connectivity index (χ0) is 15.0. The topological polar surface area (TPSA) is 87.8 Å². The minimum absolute atomic E-state index is 0.0560. The molecule has 1 aromatic heterocycles. The fourth-order valence-corrected chi connectivity index (χ4v) is 3.61. The number of anilines is 1. The predicted molar refractivity (Wildman–Crippen MR) is 77.2 cm³/mol. The predicted octanol–water partition coefficient (Wildman–Crippen LogP) is 1.58. The highest BCUT2D eigenvalue weighted by molar-refractivity contribution is 7.92. The molecule has 2 aromatic rings. The third kappa shape index (κ3) is 2.50. The van der Waals surface area contributed by atoms with Crippen molar-refractivity contribution >= 4 is 15.8 Å². The third-order valence-electron chi connectivity index (χ3n) is 3.56. The van der Waals surface area contributed by atoms with Gasteiger partial charge in [0, 0.05) is 13.2 Å². The van der Waals surface area contributed by atoms with Gasteiger partial charge in [-0.1, -0.05) is 6.07 Å². The van der Waals surface area contributed by atoms with Crippen molar-refractivity contribution in [2.75, 3.05) is 4.72 Å². The standard InChI is InChI=1S/C14H14N4O2S/c1-18-9-12(8-15)14(16-18)17-21(19,20)13-6-5-10-3-2-4-11(10)7-13/h5-7,9H,2-4H2,1H3,(H,16,17). The molecule has 0 aliphatic heterocycles. The molecular weight excluding hydrogens is 288 g/mol. The van der Waals surface area contributed by atoms with Crippen LogP contribution >= 0.6 is 0 Å². The average Bonchev–Trinajstić information content (AvgIpc) is 3.03. The second-order valence-corrected chi connectivity index (χ2v) is 6.75. The van der Waals surface area contributed by atoms with Gasteiger partial charge < -0.3 is 0 Å². The largest absolute Gasteiger partial charge is 0.272 e. The van der Waals surface area contributed by atoms with Crippen LogP contribution in [0.1, 0.15) is 23.1 Å². The molecule has 1 heterocycles. The second kappa shape index (κ2) is 4.90. The van der Waals surface area contributed by atoms with E-state index in [1.54, 1.807) is 19.2 Å². The number of aryl methyl sites for hydroxylation is 3. The Morgan fingerprint density at radius 2 is 2.10 bits per heavy atom. The van der Waals surface area contributed by atoms with Crippen LogP contribution in [0.4, 0.5) is 5.82 Å². The minimum Gasteiger partial charge on any atom is -0.272 e. The van der Waals surface area contributed by atoms with E-state index in [0.717, 1.165) is 24.8 Å². The Morgan fingerprint density at radius 3 is 2.86 bits per heavy atom. The Kier molecular flexibility index (Phi) is 3.18. The van der Waals surface area contributed by atoms with Crippen molar-refractivity contribution < 1.29 is 8.42 Å². The highest BCUT2D eigenvalue weighted by Gasteiger charge is 2.21. The number of rotatable bonds is 3. The first-order chi connectivity index (χ1) is 9.99. The first-order valence-corrected chi connectivity index (χ1v) is 8.06. The van der Waals surface area contributed by atoms with Crippen LogP contribution in [0.25, 0.3) is 0 Å². The Labute approximate surface area is 123 Å². The third-order valence-corrected chi connectivity index (χ3v) is 4.90. The summed E-state index contributed by atoms with van der Waals surface area (Å²) >= 11 is 0. The van der Waals surface area contributed by atoms with E-state index in [2.05, 4.69) is 9.82 Å². The molecule has 0 saturated carbocycles. The number of fused-ring (bicyclic) bond motifs is 1. The van der Waals surface area contributed by atoms with Crippen LogP contribution in [-0.4, -0.2) is 18.2 Å². The number of nitrogens with one attached hydrogen (secondary N) is 1. The van der Waals surface area contributed by atoms with Crippen molar-refractivity contribution in [2.24, 2.45) is 7.05 Å². The molecule has 1 aliphatic rings. The summed E-state index contributed by atoms with van der Waals surface area (Å²) < 4.78 is 28.6. The molecule has 1 aromatic carbocycles. The molecule has 6 nitrogen and oxygen atoms in total. The second-order valence-electron chi connectivity index (χ2n) is 5.07. The van der Waals surface area contributed by atoms with Crippen molar-refractivity contribution in [3.8, 4) is 6.07 Å². The van der Waals surface area contributed by atoms with Gasteiger partial charge in [0.25, 0.3) is 10.0 Å². The van der Waals surface area contributed by atoms with Gasteiger partial charge in [0.05, 0.1) is 4.90 Å². The summed E-state index contributed by atoms with van der Waals surface area (Å²) in [6.07, 6.45) is 4.44. The van der Waals surface area contributed by atoms with Gasteiger partial charge in [-0.15, -0.1) is 0 Å². The van der Waals surface area contributed by atoms with Crippen LogP contribution in [0.15, 0.2) is 29.3 Å². The number of nitrogens with zero attached hydrogens (tertiary/aromatic N) is 3. The van der Waals surface area contributed by atoms with E-state index in [-0.39, 0.29) is 16.3 Å². The van der Waals surface area contributed by atoms with Crippen LogP contribution in [0.3, 0.4) is 0 Å². The summed E-state index contributed by atoms with van der Waals surface area (Å²) in [4.78, 5) is 0.206. The first-order valence-electron chi connectivity index (χ1n) is 6.58. The Morgan fingerprint density at radius 1 is 1.33 bits per heavy atom. The molecule has 0 atom stereocenters. The molecule has 0 saturated heterocycles. The van der Waals surface area contributed by atoms with E-state index < -0.39 is 10.0 Å². The molecular formula is C14H14N4O2S. The molecule has 0 unspecified atom stereocenters. The molecule has 0 amide bonds. The van der Waals surface area contributed by atoms with Gasteiger partial charge in [0.15, 0.2) is 5.82 Å². The molecule has 3 rings (SSSR count). The number of benzene rings is 1. The Bertz CT molecular complexity index is 846. The van der Waals surface area contributed by atoms with Crippen molar-refractivity contribution in [3.63, 3.8) is 0 Å². The SMILES string of the molecule is Cn1cc(C#N)c(NS(=O)(=O)c2ccc3c(c2)CCC3)n1. The van der Waals surface area contributed by atoms with Crippen LogP contribution in [-0.2, 0) is 29.9 Å². The van der Waals surface area contributed by atoms with Gasteiger partial charge in [-0.05, 0) is 42.5 Å². The van der Waals surface area contributed by atoms with E-state index in [1.165, 1.54) is 16.4 Å². The van der Waals surface area contributed by atoms with Gasteiger partial charge in [0.2, 0.25) is 0 Å². The summed E-state index contributed by atoms with van der Waals surface area (Å²) in [5.74, 6) is 0.0560. The van der Waals surface area contributed by atoms with E-state index in [4.69, 9.17) is 5.26 Å². The first kappa shape index (κ1) is 13.6. The minimum atomic E-state index is -3.73. The maximum absolute atomic E-state index is 12.4. The molecule has 0 spiro atoms. The van der Waals surface area contributed by atoms with E-state index in [1.807, 2.05) is 12.1 Å². The van der Waals surface area contributed by atoms with Crippen LogP contribution in [0, 0.1) is 11.3 Å². The molecule has 108 valence electrons. The van der Waals surface area contributed by atoms with Crippen LogP contribution < -0.4 is 4.72 Å². The zero-order valence-corrected chi connectivity index (χ0v) is 12.3. The average molecular weight is 302 g/mol. The summed E-state index contributed by atoms with van der Waals surface area (Å²) in [5, 5.41) is 13.0. The van der Waals surface area contributed by atoms with Gasteiger partial charge in [0.1, 0.15) is 11.6 Å². The Balaban J connectivity index is 1.96. The molecule has 0 radical (unpaired) electrons. The molecule has 1 N–H and O–H groups in total. The van der Waals surface area contributed by atoms with Crippen molar-refractivity contribution in [2.45, 2.75) is 24.2 Å². The van der Waals surface area contributed by atoms with E-state index >= 15 is 0 Å². The molecule has 0 fully saturated rings. The number of aromatic nitrogens is 2. The normalized spacial score (nSPS) is 13.7. The smallest absolute Gasteiger partial charge is 0.263 e. The zero-order valence-electron chi connectivity index (χ0n) is 11.5. The molecule has 0 bridgehead atoms. The lowest BCUT2D eigenvalue weighted by atomic mass is 10.1. The van der Waals surface area contributed by atoms with E-state index in [9.17, 15) is 8.42 Å². The van der Waals surface area contributed by atoms with Crippen LogP contribution in [0.5, 0.6) is 0 Å². The molecule has 7 heteroatoms. The lowest BCUT2D eigenvalue weighted by molar-refractivity contribution is 0.600. The molecule has 1 aliphatic carbocycles. The maximum atomic E-state index is 12.4. The highest BCUT2D eigenvalue weighted by atomic mass is 32.2. The van der Waals surface area contributed by atoms with Crippen molar-refractivity contribution in [1.82, 2.24) is 9.78 Å². The van der Waals surface area contributed by atoms with E-state index in [0.29, 0.717) is 0 Å². The maximum Gasteiger partial charge on any atom is 0.263 e. The van der Waals surface area contributed by atoms with Crippen LogP contribution in [0.2, 0.25) is 0 Å². The fourth-order valence-electron chi connectivity index (χ4n) is 2.55. The molecule has 21 heavy (non-hydrogen) atoms. The number of nitriles is 1. The monoisotopic (exact) mass is 302 g/mol. The number of hydrogen-bond donors (Lipinski definition) is 1. The summed E-state index contributed by atoms with van der Waals surface area (Å²) in [5.41, 5.74) is 2.49. The lowest BCUT2D eigenvalue weighted by Gasteiger charge is -2.08. The van der Waals surface area contributed by atoms with Crippen molar-refractivity contribution in [1.29, 1.82) is 5.26 Å². The summed E-state index contributed by atoms with van der Waals surface area (Å²) in [7, 11) is -2.10. The van der Waals surface area contributed by atoms with Gasteiger partial charge in [-0.2, -0.15) is 10.4 Å². The summed E-state index contributed by atoms with van der Waals surface area (Å²) in [6.45, 7) is 0. The quantitative estimate of drug-likeness (QED) is 0.932. The van der Waals surface area contributed by atoms with Gasteiger partial charge in [-0.3, -0.25) is 9.40 Å². The van der Waals surface area contributed by atoms with Gasteiger partial charge in [-0.25, -0.2) is 8.42 Å². The Hall–Kier alpha value is -2.33. The number of sulfonamides is 1. The highest BCUT2D eigenvalue weighted by Crippen LogP contribution is 2.26. The summed E-state index contributed by atoms with van der Waals surface area (Å²) in [6, 6.07) is 7.09. The number of hydrogen-bond acceptors (Lipinski definition) is 4.